The molecule has 5 aliphatic rings. The average molecular weight is 1600 g/mol. The lowest BCUT2D eigenvalue weighted by molar-refractivity contribution is -0.00347. The predicted octanol–water partition coefficient (Wildman–Crippen LogP) is 11.9. The predicted molar refractivity (Wildman–Crippen MR) is 442 cm³/mol. The molecule has 8 heterocycles. The highest BCUT2D eigenvalue weighted by atomic mass is 35.5. The Balaban J connectivity index is 0.000000138. The molecule has 6 aromatic carbocycles. The van der Waals surface area contributed by atoms with Crippen LogP contribution in [-0.2, 0) is 9.47 Å². The maximum absolute atomic E-state index is 12.5. The summed E-state index contributed by atoms with van der Waals surface area (Å²) in [6, 6.07) is 37.6. The second kappa shape index (κ2) is 35.7. The number of hydrogen-bond acceptors (Lipinski definition) is 22. The van der Waals surface area contributed by atoms with Crippen LogP contribution in [0.25, 0.3) is 66.5 Å². The number of methoxy groups -OCH3 is 1. The van der Waals surface area contributed by atoms with Crippen molar-refractivity contribution >= 4 is 115 Å². The number of aromatic amines is 3. The molecule has 0 unspecified atom stereocenters. The van der Waals surface area contributed by atoms with E-state index in [1.807, 2.05) is 74.0 Å². The zero-order valence-corrected chi connectivity index (χ0v) is 65.5. The van der Waals surface area contributed by atoms with Gasteiger partial charge in [0.2, 0.25) is 35.5 Å². The van der Waals surface area contributed by atoms with Gasteiger partial charge in [-0.05, 0) is 178 Å². The van der Waals surface area contributed by atoms with Crippen molar-refractivity contribution in [2.45, 2.75) is 95.1 Å². The van der Waals surface area contributed by atoms with Crippen molar-refractivity contribution in [1.82, 2.24) is 76.8 Å². The van der Waals surface area contributed by atoms with Gasteiger partial charge in [0.15, 0.2) is 0 Å². The number of amides is 6. The first-order chi connectivity index (χ1) is 57.0. The molecule has 3 aliphatic carbocycles. The van der Waals surface area contributed by atoms with Gasteiger partial charge in [0, 0.05) is 102 Å². The summed E-state index contributed by atoms with van der Waals surface area (Å²) in [5, 5.41) is 37.7. The summed E-state index contributed by atoms with van der Waals surface area (Å²) in [4.78, 5) is 111. The Kier molecular flexibility index (Phi) is 24.1. The molecule has 2 saturated heterocycles. The molecule has 6 amide bonds. The molecule has 5 fully saturated rings. The van der Waals surface area contributed by atoms with E-state index < -0.39 is 0 Å². The molecule has 31 nitrogen and oxygen atoms in total. The summed E-state index contributed by atoms with van der Waals surface area (Å²) in [7, 11) is 6.33. The van der Waals surface area contributed by atoms with Gasteiger partial charge in [-0.1, -0.05) is 48.0 Å². The van der Waals surface area contributed by atoms with Crippen molar-refractivity contribution in [3.05, 3.63) is 190 Å². The number of fused-ring (bicyclic) bond motifs is 3. The van der Waals surface area contributed by atoms with Crippen molar-refractivity contribution in [1.29, 1.82) is 0 Å². The van der Waals surface area contributed by atoms with Gasteiger partial charge in [-0.15, -0.1) is 0 Å². The van der Waals surface area contributed by atoms with Crippen LogP contribution < -0.4 is 66.8 Å². The number of halogens is 1. The van der Waals surface area contributed by atoms with Gasteiger partial charge in [-0.2, -0.15) is 29.9 Å². The summed E-state index contributed by atoms with van der Waals surface area (Å²) in [6.45, 7) is 4.10. The van der Waals surface area contributed by atoms with E-state index in [0.29, 0.717) is 134 Å². The Morgan fingerprint density at radius 1 is 0.444 bits per heavy atom. The van der Waals surface area contributed by atoms with E-state index in [0.717, 1.165) is 119 Å². The SMILES string of the molecule is CNC(=O)c1ccc(-c2c[nH]c3nc(Nc4ccc(C(=O)NC5COC5)cc4C)nc(OC4CCC4)c23)cc1.CNC(=O)c1ccc(-c2c[nH]c3nc(Nc4ccc(C(=O)NC5COC5)cc4Cl)nc(OC4CCC4)c23)cc1.CNC(=O)c1ccc(-c2c[nH]c3nc(Nc4ccc(C(=O)NCCO)cc4OC)nc(OC4CCC4)c23)cc1. The van der Waals surface area contributed by atoms with E-state index in [2.05, 4.69) is 72.8 Å². The van der Waals surface area contributed by atoms with Gasteiger partial charge in [0.25, 0.3) is 35.4 Å². The van der Waals surface area contributed by atoms with Crippen molar-refractivity contribution in [3.63, 3.8) is 0 Å². The number of ether oxygens (including phenoxy) is 6. The normalized spacial score (nSPS) is 14.6. The van der Waals surface area contributed by atoms with E-state index in [9.17, 15) is 28.8 Å². The zero-order chi connectivity index (χ0) is 81.2. The third-order valence-corrected chi connectivity index (χ3v) is 21.1. The molecule has 12 aromatic rings. The number of anilines is 6. The van der Waals surface area contributed by atoms with E-state index in [-0.39, 0.29) is 79.0 Å². The zero-order valence-electron chi connectivity index (χ0n) is 64.8. The Morgan fingerprint density at radius 2 is 0.795 bits per heavy atom. The maximum Gasteiger partial charge on any atom is 0.251 e. The lowest BCUT2D eigenvalue weighted by Crippen LogP contribution is -2.48. The molecule has 0 radical (unpaired) electrons. The Bertz CT molecular complexity index is 5450. The number of aliphatic hydroxyl groups is 1. The summed E-state index contributed by atoms with van der Waals surface area (Å²) in [5.41, 5.74) is 13.2. The van der Waals surface area contributed by atoms with E-state index in [1.165, 1.54) is 7.11 Å². The molecule has 0 atom stereocenters. The number of rotatable bonds is 26. The van der Waals surface area contributed by atoms with Crippen LogP contribution in [0.3, 0.4) is 0 Å². The van der Waals surface area contributed by atoms with Crippen LogP contribution >= 0.6 is 11.6 Å². The summed E-state index contributed by atoms with van der Waals surface area (Å²) < 4.78 is 34.7. The molecule has 32 heteroatoms. The van der Waals surface area contributed by atoms with Crippen molar-refractivity contribution in [2.75, 3.05) is 83.8 Å². The minimum Gasteiger partial charge on any atom is -0.495 e. The second-order valence-electron chi connectivity index (χ2n) is 28.7. The number of carbonyl (C=O) groups is 6. The number of carbonyl (C=O) groups excluding carboxylic acids is 6. The highest BCUT2D eigenvalue weighted by Crippen LogP contribution is 2.42. The molecule has 13 N–H and O–H groups in total. The molecule has 17 rings (SSSR count). The van der Waals surface area contributed by atoms with Crippen LogP contribution in [0.15, 0.2) is 146 Å². The third-order valence-electron chi connectivity index (χ3n) is 20.8. The Hall–Kier alpha value is -13.2. The molecular formula is C85H87ClN18O13. The fourth-order valence-electron chi connectivity index (χ4n) is 13.3. The van der Waals surface area contributed by atoms with Gasteiger partial charge >= 0.3 is 0 Å². The molecule has 3 saturated carbocycles. The van der Waals surface area contributed by atoms with Crippen LogP contribution in [0.5, 0.6) is 23.4 Å². The van der Waals surface area contributed by atoms with Crippen LogP contribution in [0.4, 0.5) is 34.9 Å². The van der Waals surface area contributed by atoms with Crippen molar-refractivity contribution < 1.29 is 62.3 Å². The van der Waals surface area contributed by atoms with Gasteiger partial charge < -0.3 is 96.3 Å². The molecule has 6 aromatic heterocycles. The number of aryl methyl sites for hydroxylation is 1. The van der Waals surface area contributed by atoms with Crippen LogP contribution in [0, 0.1) is 6.92 Å². The highest BCUT2D eigenvalue weighted by molar-refractivity contribution is 6.33. The largest absolute Gasteiger partial charge is 0.495 e. The number of H-pyrrole nitrogens is 3. The van der Waals surface area contributed by atoms with Gasteiger partial charge in [0.1, 0.15) is 41.0 Å². The van der Waals surface area contributed by atoms with Crippen molar-refractivity contribution in [3.8, 4) is 56.8 Å². The molecule has 117 heavy (non-hydrogen) atoms. The lowest BCUT2D eigenvalue weighted by atomic mass is 9.96. The first-order valence-corrected chi connectivity index (χ1v) is 39.1. The Labute approximate surface area is 676 Å². The van der Waals surface area contributed by atoms with E-state index >= 15 is 0 Å². The van der Waals surface area contributed by atoms with Crippen molar-refractivity contribution in [2.24, 2.45) is 0 Å². The van der Waals surface area contributed by atoms with Crippen LogP contribution in [0.1, 0.15) is 125 Å². The van der Waals surface area contributed by atoms with Crippen LogP contribution in [-0.4, -0.2) is 184 Å². The first kappa shape index (κ1) is 79.0. The first-order valence-electron chi connectivity index (χ1n) is 38.7. The van der Waals surface area contributed by atoms with Gasteiger partial charge in [0.05, 0.1) is 84.8 Å². The lowest BCUT2D eigenvalue weighted by Gasteiger charge is -2.27. The van der Waals surface area contributed by atoms with Gasteiger partial charge in [-0.3, -0.25) is 28.8 Å². The fourth-order valence-corrected chi connectivity index (χ4v) is 13.6. The third kappa shape index (κ3) is 18.0. The topological polar surface area (TPSA) is 411 Å². The number of nitrogens with zero attached hydrogens (tertiary/aromatic N) is 6. The Morgan fingerprint density at radius 3 is 1.13 bits per heavy atom. The second-order valence-corrected chi connectivity index (χ2v) is 29.1. The number of aliphatic hydroxyl groups excluding tert-OH is 1. The number of nitrogens with one attached hydrogen (secondary N) is 12. The minimum absolute atomic E-state index is 0.0303. The highest BCUT2D eigenvalue weighted by Gasteiger charge is 2.30. The smallest absolute Gasteiger partial charge is 0.251 e. The van der Waals surface area contributed by atoms with E-state index in [1.54, 1.807) is 100 Å². The summed E-state index contributed by atoms with van der Waals surface area (Å²) >= 11 is 6.52. The fraction of sp³-hybridized carbons (Fsp3) is 0.294. The van der Waals surface area contributed by atoms with Gasteiger partial charge in [-0.25, -0.2) is 0 Å². The summed E-state index contributed by atoms with van der Waals surface area (Å²) in [6.07, 6.45) is 15.1. The molecule has 2 aliphatic heterocycles. The standard InChI is InChI=1S/C29H30N6O4.C28H27ClN6O4.C28H30N6O5/c1-16-12-19(27(37)32-20-14-38-15-20)10-11-23(16)33-29-34-25-24(28(35-29)39-21-4-3-5-21)22(13-31-25)17-6-8-18(9-7-17)26(36)30-2;1-30-25(36)16-7-5-15(6-8-16)20-12-31-24-23(20)27(39-19-3-2-4-19)35-28(34-24)33-22-10-9-17(11-21(22)29)26(37)32-18-13-38-14-18;1-29-25(36)17-8-6-16(7-9-17)20-15-31-24-23(20)27(39-19-4-3-5-19)34-28(33-24)32-21-11-10-18(14-22(21)38-2)26(37)30-12-13-35/h6-13,20-21H,3-5,14-15H2,1-2H3,(H,30,36)(H,32,37)(H2,31,33,34,35);5-12,18-19H,2-4,13-14H2,1H3,(H,30,36)(H,32,37)(H2,31,33,34,35);6-11,14-15,19,35H,3-5,12-13H2,1-2H3,(H,29,36)(H,30,37)(H2,31,32,33,34). The molecule has 602 valence electrons. The molecule has 0 bridgehead atoms. The summed E-state index contributed by atoms with van der Waals surface area (Å²) in [5.74, 6) is 1.81. The quantitative estimate of drug-likeness (QED) is 0.0239. The minimum atomic E-state index is -0.315. The number of benzene rings is 6. The molecule has 0 spiro atoms. The maximum atomic E-state index is 12.5. The van der Waals surface area contributed by atoms with E-state index in [4.69, 9.17) is 65.1 Å². The average Bonchev–Trinajstić information content (AvgIpc) is 1.11. The molecular weight excluding hydrogens is 1520 g/mol. The monoisotopic (exact) mass is 1600 g/mol. The number of hydrogen-bond donors (Lipinski definition) is 13. The number of aromatic nitrogens is 9. The van der Waals surface area contributed by atoms with Crippen LogP contribution in [0.2, 0.25) is 5.02 Å².